The Balaban J connectivity index is 1.80. The molecule has 1 aliphatic carbocycles. The Labute approximate surface area is 166 Å². The lowest BCUT2D eigenvalue weighted by Gasteiger charge is -2.19. The highest BCUT2D eigenvalue weighted by atomic mass is 32.2. The van der Waals surface area contributed by atoms with E-state index < -0.39 is 9.84 Å². The van der Waals surface area contributed by atoms with Crippen LogP contribution >= 0.6 is 0 Å². The Kier molecular flexibility index (Phi) is 7.14. The molecule has 0 atom stereocenters. The third-order valence-corrected chi connectivity index (χ3v) is 7.32. The molecule has 1 aliphatic rings. The Morgan fingerprint density at radius 1 is 1.25 bits per heavy atom. The van der Waals surface area contributed by atoms with E-state index in [4.69, 9.17) is 4.74 Å². The van der Waals surface area contributed by atoms with Gasteiger partial charge in [0.1, 0.15) is 6.33 Å². The van der Waals surface area contributed by atoms with Gasteiger partial charge < -0.3 is 9.30 Å². The Morgan fingerprint density at radius 3 is 2.71 bits per heavy atom. The second kappa shape index (κ2) is 9.58. The van der Waals surface area contributed by atoms with Gasteiger partial charge in [0.15, 0.2) is 0 Å². The Morgan fingerprint density at radius 2 is 2.04 bits per heavy atom. The molecular formula is C19H29N5O3S. The van der Waals surface area contributed by atoms with Crippen LogP contribution in [0, 0.1) is 0 Å². The molecular weight excluding hydrogens is 378 g/mol. The molecule has 0 amide bonds. The molecule has 0 unspecified atom stereocenters. The minimum atomic E-state index is -3.41. The maximum atomic E-state index is 13.1. The fourth-order valence-electron chi connectivity index (χ4n) is 3.72. The van der Waals surface area contributed by atoms with Crippen LogP contribution in [0.3, 0.4) is 0 Å². The standard InChI is InChI=1S/C19H29N5O3S/c1-23(13-16-8-9-20-15-22-16)14-17-12-21-19(24(17)10-5-11-27-2)28(25,26)18-6-3-4-7-18/h8-9,12,15,18H,3-7,10-11,13-14H2,1-2H3. The van der Waals surface area contributed by atoms with Gasteiger partial charge in [0, 0.05) is 39.5 Å². The summed E-state index contributed by atoms with van der Waals surface area (Å²) < 4.78 is 33.3. The van der Waals surface area contributed by atoms with E-state index >= 15 is 0 Å². The van der Waals surface area contributed by atoms with Crippen molar-refractivity contribution in [2.45, 2.75) is 62.1 Å². The first-order valence-electron chi connectivity index (χ1n) is 9.73. The van der Waals surface area contributed by atoms with Crippen LogP contribution in [-0.4, -0.2) is 58.9 Å². The number of nitrogens with zero attached hydrogens (tertiary/aromatic N) is 5. The molecule has 0 bridgehead atoms. The highest BCUT2D eigenvalue weighted by Crippen LogP contribution is 2.29. The summed E-state index contributed by atoms with van der Waals surface area (Å²) >= 11 is 0. The van der Waals surface area contributed by atoms with E-state index in [-0.39, 0.29) is 10.4 Å². The molecule has 0 spiro atoms. The molecule has 1 fully saturated rings. The van der Waals surface area contributed by atoms with Crippen LogP contribution in [0.1, 0.15) is 43.5 Å². The zero-order chi connectivity index (χ0) is 20.0. The van der Waals surface area contributed by atoms with E-state index in [0.717, 1.165) is 43.5 Å². The molecule has 3 rings (SSSR count). The average molecular weight is 408 g/mol. The van der Waals surface area contributed by atoms with E-state index in [2.05, 4.69) is 19.9 Å². The van der Waals surface area contributed by atoms with Crippen molar-refractivity contribution in [2.75, 3.05) is 20.8 Å². The molecule has 0 saturated heterocycles. The van der Waals surface area contributed by atoms with Gasteiger partial charge in [0.25, 0.3) is 0 Å². The second-order valence-electron chi connectivity index (χ2n) is 7.35. The molecule has 0 aromatic carbocycles. The van der Waals surface area contributed by atoms with Crippen molar-refractivity contribution in [3.8, 4) is 0 Å². The molecule has 0 N–H and O–H groups in total. The number of ether oxygens (including phenoxy) is 1. The van der Waals surface area contributed by atoms with Crippen LogP contribution in [0.4, 0.5) is 0 Å². The number of hydrogen-bond acceptors (Lipinski definition) is 7. The number of rotatable bonds is 10. The monoisotopic (exact) mass is 407 g/mol. The number of methoxy groups -OCH3 is 1. The van der Waals surface area contributed by atoms with Crippen molar-refractivity contribution < 1.29 is 13.2 Å². The number of sulfone groups is 1. The lowest BCUT2D eigenvalue weighted by molar-refractivity contribution is 0.188. The molecule has 9 heteroatoms. The third kappa shape index (κ3) is 4.95. The predicted octanol–water partition coefficient (Wildman–Crippen LogP) is 2.06. The first kappa shape index (κ1) is 20.9. The lowest BCUT2D eigenvalue weighted by atomic mass is 10.3. The second-order valence-corrected chi connectivity index (χ2v) is 9.48. The minimum absolute atomic E-state index is 0.209. The van der Waals surface area contributed by atoms with E-state index in [1.807, 2.05) is 17.7 Å². The summed E-state index contributed by atoms with van der Waals surface area (Å²) in [6, 6.07) is 1.88. The van der Waals surface area contributed by atoms with Gasteiger partial charge >= 0.3 is 0 Å². The van der Waals surface area contributed by atoms with Crippen molar-refractivity contribution in [2.24, 2.45) is 0 Å². The van der Waals surface area contributed by atoms with Crippen LogP contribution in [0.15, 0.2) is 29.9 Å². The van der Waals surface area contributed by atoms with Crippen LogP contribution < -0.4 is 0 Å². The van der Waals surface area contributed by atoms with Crippen LogP contribution in [0.2, 0.25) is 0 Å². The SMILES string of the molecule is COCCCn1c(CN(C)Cc2ccncn2)cnc1S(=O)(=O)C1CCCC1. The van der Waals surface area contributed by atoms with Gasteiger partial charge in [-0.2, -0.15) is 0 Å². The molecule has 0 radical (unpaired) electrons. The molecule has 2 heterocycles. The van der Waals surface area contributed by atoms with Crippen molar-refractivity contribution in [3.63, 3.8) is 0 Å². The Hall–Kier alpha value is -1.84. The van der Waals surface area contributed by atoms with E-state index in [1.165, 1.54) is 6.33 Å². The predicted molar refractivity (Wildman–Crippen MR) is 105 cm³/mol. The van der Waals surface area contributed by atoms with Crippen molar-refractivity contribution >= 4 is 9.84 Å². The van der Waals surface area contributed by atoms with Gasteiger partial charge in [-0.1, -0.05) is 12.8 Å². The zero-order valence-corrected chi connectivity index (χ0v) is 17.4. The number of aromatic nitrogens is 4. The van der Waals surface area contributed by atoms with E-state index in [1.54, 1.807) is 19.5 Å². The maximum Gasteiger partial charge on any atom is 0.228 e. The van der Waals surface area contributed by atoms with Crippen LogP contribution in [0.5, 0.6) is 0 Å². The van der Waals surface area contributed by atoms with Crippen molar-refractivity contribution in [3.05, 3.63) is 36.2 Å². The zero-order valence-electron chi connectivity index (χ0n) is 16.6. The summed E-state index contributed by atoms with van der Waals surface area (Å²) in [4.78, 5) is 14.6. The topological polar surface area (TPSA) is 90.2 Å². The molecule has 2 aromatic rings. The molecule has 1 saturated carbocycles. The summed E-state index contributed by atoms with van der Waals surface area (Å²) in [5.74, 6) is 0. The van der Waals surface area contributed by atoms with Crippen molar-refractivity contribution in [1.82, 2.24) is 24.4 Å². The van der Waals surface area contributed by atoms with E-state index in [9.17, 15) is 8.42 Å². The van der Waals surface area contributed by atoms with Gasteiger partial charge in [0.2, 0.25) is 15.0 Å². The molecule has 2 aromatic heterocycles. The highest BCUT2D eigenvalue weighted by molar-refractivity contribution is 7.91. The molecule has 8 nitrogen and oxygen atoms in total. The quantitative estimate of drug-likeness (QED) is 0.557. The molecule has 28 heavy (non-hydrogen) atoms. The summed E-state index contributed by atoms with van der Waals surface area (Å²) in [6.07, 6.45) is 9.10. The van der Waals surface area contributed by atoms with Crippen LogP contribution in [-0.2, 0) is 34.2 Å². The summed E-state index contributed by atoms with van der Waals surface area (Å²) in [5, 5.41) is -0.0939. The summed E-state index contributed by atoms with van der Waals surface area (Å²) in [6.45, 7) is 2.39. The number of hydrogen-bond donors (Lipinski definition) is 0. The highest BCUT2D eigenvalue weighted by Gasteiger charge is 2.34. The third-order valence-electron chi connectivity index (χ3n) is 5.13. The van der Waals surface area contributed by atoms with Crippen LogP contribution in [0.25, 0.3) is 0 Å². The van der Waals surface area contributed by atoms with Gasteiger partial charge in [-0.3, -0.25) is 4.90 Å². The van der Waals surface area contributed by atoms with Gasteiger partial charge in [0.05, 0.1) is 22.8 Å². The summed E-state index contributed by atoms with van der Waals surface area (Å²) in [7, 11) is 0.231. The first-order valence-corrected chi connectivity index (χ1v) is 11.3. The number of imidazole rings is 1. The average Bonchev–Trinajstić information content (AvgIpc) is 3.34. The van der Waals surface area contributed by atoms with Crippen molar-refractivity contribution in [1.29, 1.82) is 0 Å². The fraction of sp³-hybridized carbons (Fsp3) is 0.632. The fourth-order valence-corrected chi connectivity index (χ4v) is 5.69. The van der Waals surface area contributed by atoms with Gasteiger partial charge in [-0.15, -0.1) is 0 Å². The first-order chi connectivity index (χ1) is 13.5. The smallest absolute Gasteiger partial charge is 0.228 e. The van der Waals surface area contributed by atoms with Gasteiger partial charge in [-0.25, -0.2) is 23.4 Å². The maximum absolute atomic E-state index is 13.1. The normalized spacial score (nSPS) is 15.5. The minimum Gasteiger partial charge on any atom is -0.385 e. The largest absolute Gasteiger partial charge is 0.385 e. The molecule has 154 valence electrons. The molecule has 0 aliphatic heterocycles. The van der Waals surface area contributed by atoms with Gasteiger partial charge in [-0.05, 0) is 32.4 Å². The Bertz CT molecular complexity index is 848. The lowest BCUT2D eigenvalue weighted by Crippen LogP contribution is -2.25. The summed E-state index contributed by atoms with van der Waals surface area (Å²) in [5.41, 5.74) is 1.81. The van der Waals surface area contributed by atoms with E-state index in [0.29, 0.717) is 26.2 Å².